The van der Waals surface area contributed by atoms with E-state index in [0.29, 0.717) is 35.9 Å². The molecule has 1 N–H and O–H groups in total. The molecule has 7 heteroatoms. The first-order valence-corrected chi connectivity index (χ1v) is 10.1. The van der Waals surface area contributed by atoms with Crippen LogP contribution in [-0.2, 0) is 0 Å². The zero-order chi connectivity index (χ0) is 21.1. The zero-order valence-electron chi connectivity index (χ0n) is 17.0. The fourth-order valence-electron chi connectivity index (χ4n) is 3.52. The molecule has 0 unspecified atom stereocenters. The normalized spacial score (nSPS) is 16.1. The van der Waals surface area contributed by atoms with Gasteiger partial charge in [0.1, 0.15) is 12.0 Å². The number of alkyl halides is 1. The second kappa shape index (κ2) is 8.57. The van der Waals surface area contributed by atoms with E-state index < -0.39 is 6.17 Å². The van der Waals surface area contributed by atoms with E-state index in [1.165, 1.54) is 12.4 Å². The van der Waals surface area contributed by atoms with Gasteiger partial charge in [-0.05, 0) is 18.1 Å². The number of benzene rings is 1. The second-order valence-corrected chi connectivity index (χ2v) is 7.69. The third kappa shape index (κ3) is 4.15. The van der Waals surface area contributed by atoms with Crippen LogP contribution in [0.5, 0.6) is 0 Å². The third-order valence-corrected chi connectivity index (χ3v) is 5.13. The van der Waals surface area contributed by atoms with Gasteiger partial charge in [0.2, 0.25) is 0 Å². The molecule has 1 fully saturated rings. The molecule has 154 valence electrons. The van der Waals surface area contributed by atoms with Crippen molar-refractivity contribution in [3.05, 3.63) is 66.4 Å². The smallest absolute Gasteiger partial charge is 0.258 e. The molecule has 1 aromatic carbocycles. The van der Waals surface area contributed by atoms with Crippen molar-refractivity contribution < 1.29 is 9.18 Å². The van der Waals surface area contributed by atoms with E-state index in [1.54, 1.807) is 6.20 Å². The summed E-state index contributed by atoms with van der Waals surface area (Å²) in [6, 6.07) is 11.6. The van der Waals surface area contributed by atoms with Gasteiger partial charge in [0, 0.05) is 36.6 Å². The lowest BCUT2D eigenvalue weighted by molar-refractivity contribution is 0.102. The van der Waals surface area contributed by atoms with Crippen LogP contribution in [0.1, 0.15) is 42.4 Å². The van der Waals surface area contributed by atoms with Crippen LogP contribution in [0.15, 0.2) is 55.0 Å². The fourth-order valence-corrected chi connectivity index (χ4v) is 3.52. The van der Waals surface area contributed by atoms with Crippen LogP contribution in [0.3, 0.4) is 0 Å². The summed E-state index contributed by atoms with van der Waals surface area (Å²) in [5.74, 6) is 1.11. The summed E-state index contributed by atoms with van der Waals surface area (Å²) in [7, 11) is 0. The van der Waals surface area contributed by atoms with Crippen molar-refractivity contribution in [3.63, 3.8) is 0 Å². The number of rotatable bonds is 5. The number of pyridine rings is 1. The number of carbonyl (C=O) groups excluding carboxylic acids is 1. The van der Waals surface area contributed by atoms with Gasteiger partial charge < -0.3 is 10.2 Å². The van der Waals surface area contributed by atoms with Crippen molar-refractivity contribution in [2.45, 2.75) is 32.4 Å². The van der Waals surface area contributed by atoms with Crippen LogP contribution in [0.4, 0.5) is 15.9 Å². The predicted molar refractivity (Wildman–Crippen MR) is 115 cm³/mol. The minimum absolute atomic E-state index is 0.181. The number of nitrogens with one attached hydrogen (secondary N) is 1. The summed E-state index contributed by atoms with van der Waals surface area (Å²) in [5, 5.41) is 2.99. The summed E-state index contributed by atoms with van der Waals surface area (Å²) < 4.78 is 13.9. The minimum atomic E-state index is -0.896. The highest BCUT2D eigenvalue weighted by atomic mass is 19.1. The topological polar surface area (TPSA) is 71.0 Å². The molecule has 30 heavy (non-hydrogen) atoms. The van der Waals surface area contributed by atoms with E-state index in [9.17, 15) is 9.18 Å². The highest BCUT2D eigenvalue weighted by Crippen LogP contribution is 2.36. The summed E-state index contributed by atoms with van der Waals surface area (Å²) in [5.41, 5.74) is 2.70. The largest absolute Gasteiger partial charge is 0.352 e. The van der Waals surface area contributed by atoms with E-state index >= 15 is 0 Å². The van der Waals surface area contributed by atoms with Crippen LogP contribution < -0.4 is 10.2 Å². The van der Waals surface area contributed by atoms with Crippen molar-refractivity contribution in [3.8, 4) is 11.1 Å². The van der Waals surface area contributed by atoms with E-state index in [2.05, 4.69) is 20.3 Å². The van der Waals surface area contributed by atoms with Crippen molar-refractivity contribution in [1.29, 1.82) is 0 Å². The maximum Gasteiger partial charge on any atom is 0.258 e. The first-order valence-electron chi connectivity index (χ1n) is 10.1. The molecule has 1 aliphatic rings. The molecule has 1 aliphatic heterocycles. The van der Waals surface area contributed by atoms with Crippen LogP contribution in [0.25, 0.3) is 11.1 Å². The van der Waals surface area contributed by atoms with Crippen LogP contribution >= 0.6 is 0 Å². The Labute approximate surface area is 175 Å². The summed E-state index contributed by atoms with van der Waals surface area (Å²) in [4.78, 5) is 27.9. The third-order valence-electron chi connectivity index (χ3n) is 5.13. The Hall–Kier alpha value is -3.35. The van der Waals surface area contributed by atoms with Crippen LogP contribution in [0.2, 0.25) is 0 Å². The maximum atomic E-state index is 13.9. The van der Waals surface area contributed by atoms with E-state index in [1.807, 2.05) is 55.1 Å². The predicted octanol–water partition coefficient (Wildman–Crippen LogP) is 4.46. The van der Waals surface area contributed by atoms with Crippen molar-refractivity contribution >= 4 is 17.4 Å². The number of carbonyl (C=O) groups is 1. The molecule has 0 saturated carbocycles. The maximum absolute atomic E-state index is 13.9. The average molecular weight is 405 g/mol. The molecule has 1 atom stereocenters. The van der Waals surface area contributed by atoms with Gasteiger partial charge in [0.25, 0.3) is 5.91 Å². The number of nitrogens with zero attached hydrogens (tertiary/aromatic N) is 4. The van der Waals surface area contributed by atoms with E-state index in [4.69, 9.17) is 0 Å². The highest BCUT2D eigenvalue weighted by molar-refractivity contribution is 6.08. The Bertz CT molecular complexity index is 1020. The Kier molecular flexibility index (Phi) is 5.70. The van der Waals surface area contributed by atoms with Gasteiger partial charge in [0.05, 0.1) is 17.8 Å². The first-order chi connectivity index (χ1) is 14.5. The van der Waals surface area contributed by atoms with Crippen molar-refractivity contribution in [1.82, 2.24) is 15.0 Å². The monoisotopic (exact) mass is 405 g/mol. The molecule has 4 rings (SSSR count). The molecule has 0 aliphatic carbocycles. The molecule has 0 radical (unpaired) electrons. The lowest BCUT2D eigenvalue weighted by Crippen LogP contribution is -2.24. The molecule has 3 aromatic rings. The molecule has 0 bridgehead atoms. The van der Waals surface area contributed by atoms with Crippen molar-refractivity contribution in [2.75, 3.05) is 23.3 Å². The number of hydrogen-bond acceptors (Lipinski definition) is 5. The minimum Gasteiger partial charge on any atom is -0.352 e. The Balaban J connectivity index is 1.71. The second-order valence-electron chi connectivity index (χ2n) is 7.69. The molecule has 1 saturated heterocycles. The van der Waals surface area contributed by atoms with E-state index in [-0.39, 0.29) is 18.4 Å². The molecule has 2 aromatic heterocycles. The lowest BCUT2D eigenvalue weighted by atomic mass is 10.0. The Morgan fingerprint density at radius 1 is 1.13 bits per heavy atom. The van der Waals surface area contributed by atoms with Crippen molar-refractivity contribution in [2.24, 2.45) is 0 Å². The molecular formula is C23H24FN5O. The van der Waals surface area contributed by atoms with Gasteiger partial charge in [-0.1, -0.05) is 44.2 Å². The number of hydrogen-bond donors (Lipinski definition) is 1. The molecule has 3 heterocycles. The summed E-state index contributed by atoms with van der Waals surface area (Å²) in [6.45, 7) is 4.82. The van der Waals surface area contributed by atoms with E-state index in [0.717, 1.165) is 11.1 Å². The quantitative estimate of drug-likeness (QED) is 0.678. The highest BCUT2D eigenvalue weighted by Gasteiger charge is 2.27. The SMILES string of the molecule is CC(C)c1ncc(C(=O)Nc2c(-c3ccccc3)ccnc2N2CC[C@H](F)C2)cn1. The number of anilines is 2. The van der Waals surface area contributed by atoms with Gasteiger partial charge in [-0.2, -0.15) is 0 Å². The molecule has 0 spiro atoms. The molecule has 6 nitrogen and oxygen atoms in total. The summed E-state index contributed by atoms with van der Waals surface area (Å²) >= 11 is 0. The lowest BCUT2D eigenvalue weighted by Gasteiger charge is -2.22. The van der Waals surface area contributed by atoms with Crippen LogP contribution in [0, 0.1) is 0 Å². The Morgan fingerprint density at radius 3 is 2.50 bits per heavy atom. The van der Waals surface area contributed by atoms with Gasteiger partial charge in [0.15, 0.2) is 5.82 Å². The van der Waals surface area contributed by atoms with Gasteiger partial charge >= 0.3 is 0 Å². The van der Waals surface area contributed by atoms with Gasteiger partial charge in [-0.3, -0.25) is 4.79 Å². The molecule has 1 amide bonds. The van der Waals surface area contributed by atoms with Gasteiger partial charge in [-0.15, -0.1) is 0 Å². The zero-order valence-corrected chi connectivity index (χ0v) is 17.0. The number of halogens is 1. The van der Waals surface area contributed by atoms with Crippen LogP contribution in [-0.4, -0.2) is 40.1 Å². The molecular weight excluding hydrogens is 381 g/mol. The van der Waals surface area contributed by atoms with Gasteiger partial charge in [-0.25, -0.2) is 19.3 Å². The standard InChI is InChI=1S/C23H24FN5O/c1-15(2)21-26-12-17(13-27-21)23(30)28-20-19(16-6-4-3-5-7-16)8-10-25-22(20)29-11-9-18(24)14-29/h3-8,10,12-13,15,18H,9,11,14H2,1-2H3,(H,28,30)/t18-/m0/s1. The number of aromatic nitrogens is 3. The summed E-state index contributed by atoms with van der Waals surface area (Å²) in [6.07, 6.45) is 4.31. The fraction of sp³-hybridized carbons (Fsp3) is 0.304. The average Bonchev–Trinajstić information content (AvgIpc) is 3.20. The first kappa shape index (κ1) is 19.9. The Morgan fingerprint density at radius 2 is 1.87 bits per heavy atom. The number of amides is 1.